The van der Waals surface area contributed by atoms with E-state index in [4.69, 9.17) is 11.5 Å². The summed E-state index contributed by atoms with van der Waals surface area (Å²) in [5.41, 5.74) is 12.7. The van der Waals surface area contributed by atoms with Crippen molar-refractivity contribution in [3.8, 4) is 0 Å². The molecule has 2 rings (SSSR count). The van der Waals surface area contributed by atoms with E-state index in [-0.39, 0.29) is 43.9 Å². The Morgan fingerprint density at radius 3 is 2.00 bits per heavy atom. The predicted octanol–water partition coefficient (Wildman–Crippen LogP) is 0.934. The van der Waals surface area contributed by atoms with Crippen molar-refractivity contribution in [2.75, 3.05) is 0 Å². The number of carbonyl (C=O) groups excluding carboxylic acids is 4. The summed E-state index contributed by atoms with van der Waals surface area (Å²) in [6, 6.07) is 3.15. The van der Waals surface area contributed by atoms with Crippen LogP contribution in [-0.4, -0.2) is 63.9 Å². The number of aromatic nitrogens is 1. The van der Waals surface area contributed by atoms with Crippen LogP contribution in [0.1, 0.15) is 58.9 Å². The number of primary amides is 1. The summed E-state index contributed by atoms with van der Waals surface area (Å²) < 4.78 is 0. The summed E-state index contributed by atoms with van der Waals surface area (Å²) in [5.74, 6) is -3.64. The van der Waals surface area contributed by atoms with Gasteiger partial charge in [-0.25, -0.2) is 4.79 Å². The SMILES string of the molecule is CC(C)CC(NC(=O)C(CC(C)C)NC(=O)C(Cc1c[nH]c2ccccc12)NC(=O)C(N)CCC(N)=O)C(=O)O. The second kappa shape index (κ2) is 15.0. The number of carboxylic acid groups (broad SMARTS) is 1. The molecule has 0 aliphatic carbocycles. The maximum absolute atomic E-state index is 13.6. The minimum atomic E-state index is -1.16. The van der Waals surface area contributed by atoms with Crippen LogP contribution >= 0.6 is 0 Å². The highest BCUT2D eigenvalue weighted by Gasteiger charge is 2.31. The summed E-state index contributed by atoms with van der Waals surface area (Å²) in [5, 5.41) is 18.4. The van der Waals surface area contributed by atoms with Crippen molar-refractivity contribution < 1.29 is 29.1 Å². The van der Waals surface area contributed by atoms with E-state index in [1.807, 2.05) is 52.0 Å². The van der Waals surface area contributed by atoms with E-state index < -0.39 is 53.8 Å². The first-order valence-electron chi connectivity index (χ1n) is 13.5. The molecular formula is C28H42N6O6. The minimum Gasteiger partial charge on any atom is -0.480 e. The average Bonchev–Trinajstić information content (AvgIpc) is 3.28. The second-order valence-corrected chi connectivity index (χ2v) is 11.0. The van der Waals surface area contributed by atoms with Crippen molar-refractivity contribution in [2.45, 2.75) is 84.0 Å². The summed E-state index contributed by atoms with van der Waals surface area (Å²) in [6.07, 6.45) is 2.22. The van der Waals surface area contributed by atoms with Gasteiger partial charge in [-0.3, -0.25) is 19.2 Å². The highest BCUT2D eigenvalue weighted by molar-refractivity contribution is 5.95. The highest BCUT2D eigenvalue weighted by atomic mass is 16.4. The van der Waals surface area contributed by atoms with Crippen LogP contribution in [0.3, 0.4) is 0 Å². The minimum absolute atomic E-state index is 0.00620. The third kappa shape index (κ3) is 9.99. The Hall–Kier alpha value is -3.93. The van der Waals surface area contributed by atoms with E-state index in [1.165, 1.54) is 0 Å². The summed E-state index contributed by atoms with van der Waals surface area (Å²) in [7, 11) is 0. The molecule has 0 aliphatic heterocycles. The van der Waals surface area contributed by atoms with Crippen LogP contribution in [-0.2, 0) is 30.4 Å². The smallest absolute Gasteiger partial charge is 0.326 e. The number of nitrogens with two attached hydrogens (primary N) is 2. The Labute approximate surface area is 234 Å². The van der Waals surface area contributed by atoms with E-state index in [0.29, 0.717) is 0 Å². The Morgan fingerprint density at radius 1 is 0.850 bits per heavy atom. The number of rotatable bonds is 16. The molecule has 0 saturated carbocycles. The molecule has 0 aliphatic rings. The third-order valence-corrected chi connectivity index (χ3v) is 6.43. The van der Waals surface area contributed by atoms with Crippen molar-refractivity contribution in [2.24, 2.45) is 23.3 Å². The highest BCUT2D eigenvalue weighted by Crippen LogP contribution is 2.19. The monoisotopic (exact) mass is 558 g/mol. The van der Waals surface area contributed by atoms with Gasteiger partial charge in [-0.05, 0) is 42.7 Å². The number of carboxylic acids is 1. The van der Waals surface area contributed by atoms with Crippen LogP contribution in [0.25, 0.3) is 10.9 Å². The van der Waals surface area contributed by atoms with Crippen LogP contribution < -0.4 is 27.4 Å². The molecule has 40 heavy (non-hydrogen) atoms. The van der Waals surface area contributed by atoms with Crippen molar-refractivity contribution in [1.29, 1.82) is 0 Å². The van der Waals surface area contributed by atoms with Crippen molar-refractivity contribution in [1.82, 2.24) is 20.9 Å². The van der Waals surface area contributed by atoms with Gasteiger partial charge < -0.3 is 37.5 Å². The number of carbonyl (C=O) groups is 5. The Balaban J connectivity index is 2.29. The fraction of sp³-hybridized carbons (Fsp3) is 0.536. The first-order valence-corrected chi connectivity index (χ1v) is 13.5. The lowest BCUT2D eigenvalue weighted by Crippen LogP contribution is -2.58. The van der Waals surface area contributed by atoms with E-state index in [2.05, 4.69) is 20.9 Å². The van der Waals surface area contributed by atoms with Gasteiger partial charge in [0.2, 0.25) is 23.6 Å². The lowest BCUT2D eigenvalue weighted by atomic mass is 9.99. The maximum Gasteiger partial charge on any atom is 0.326 e. The number of H-pyrrole nitrogens is 1. The van der Waals surface area contributed by atoms with E-state index in [0.717, 1.165) is 16.5 Å². The van der Waals surface area contributed by atoms with Gasteiger partial charge in [0.05, 0.1) is 6.04 Å². The molecule has 0 spiro atoms. The topological polar surface area (TPSA) is 210 Å². The number of para-hydroxylation sites is 1. The van der Waals surface area contributed by atoms with Crippen molar-refractivity contribution in [3.05, 3.63) is 36.0 Å². The molecule has 2 aromatic rings. The van der Waals surface area contributed by atoms with Gasteiger partial charge in [0, 0.05) is 29.9 Å². The second-order valence-electron chi connectivity index (χ2n) is 11.0. The molecule has 4 atom stereocenters. The van der Waals surface area contributed by atoms with Crippen LogP contribution in [0.2, 0.25) is 0 Å². The number of hydrogen-bond acceptors (Lipinski definition) is 6. The Kier molecular flexibility index (Phi) is 12.1. The largest absolute Gasteiger partial charge is 0.480 e. The molecule has 1 aromatic carbocycles. The Morgan fingerprint density at radius 2 is 1.40 bits per heavy atom. The van der Waals surface area contributed by atoms with Gasteiger partial charge in [0.1, 0.15) is 18.1 Å². The summed E-state index contributed by atoms with van der Waals surface area (Å²) in [6.45, 7) is 7.44. The molecule has 0 saturated heterocycles. The number of hydrogen-bond donors (Lipinski definition) is 7. The molecule has 1 aromatic heterocycles. The summed E-state index contributed by atoms with van der Waals surface area (Å²) in [4.78, 5) is 65.6. The standard InChI is InChI=1S/C28H42N6O6/c1-15(2)11-21(26(37)34-23(28(39)40)12-16(3)4)33-27(38)22(32-25(36)19(29)9-10-24(30)35)13-17-14-31-20-8-6-5-7-18(17)20/h5-8,14-16,19,21-23,31H,9-13,29H2,1-4H3,(H2,30,35)(H,32,36)(H,33,38)(H,34,37)(H,39,40). The number of aromatic amines is 1. The molecule has 4 amide bonds. The van der Waals surface area contributed by atoms with Gasteiger partial charge in [-0.1, -0.05) is 45.9 Å². The summed E-state index contributed by atoms with van der Waals surface area (Å²) >= 11 is 0. The van der Waals surface area contributed by atoms with Gasteiger partial charge >= 0.3 is 5.97 Å². The zero-order valence-electron chi connectivity index (χ0n) is 23.5. The number of benzene rings is 1. The molecule has 9 N–H and O–H groups in total. The van der Waals surface area contributed by atoms with Crippen LogP contribution in [0, 0.1) is 11.8 Å². The molecule has 12 nitrogen and oxygen atoms in total. The lowest BCUT2D eigenvalue weighted by molar-refractivity contribution is -0.143. The molecule has 4 unspecified atom stereocenters. The molecule has 0 bridgehead atoms. The third-order valence-electron chi connectivity index (χ3n) is 6.43. The number of nitrogens with one attached hydrogen (secondary N) is 4. The predicted molar refractivity (Wildman–Crippen MR) is 151 cm³/mol. The van der Waals surface area contributed by atoms with Gasteiger partial charge in [0.25, 0.3) is 0 Å². The molecule has 0 fully saturated rings. The quantitative estimate of drug-likeness (QED) is 0.158. The number of amides is 4. The molecular weight excluding hydrogens is 516 g/mol. The fourth-order valence-electron chi connectivity index (χ4n) is 4.38. The molecule has 12 heteroatoms. The zero-order valence-corrected chi connectivity index (χ0v) is 23.5. The fourth-order valence-corrected chi connectivity index (χ4v) is 4.38. The van der Waals surface area contributed by atoms with Crippen LogP contribution in [0.4, 0.5) is 0 Å². The first-order chi connectivity index (χ1) is 18.8. The van der Waals surface area contributed by atoms with E-state index >= 15 is 0 Å². The van der Waals surface area contributed by atoms with E-state index in [1.54, 1.807) is 6.20 Å². The number of aliphatic carboxylic acids is 1. The Bertz CT molecular complexity index is 1190. The van der Waals surface area contributed by atoms with Crippen molar-refractivity contribution >= 4 is 40.5 Å². The zero-order chi connectivity index (χ0) is 30.0. The number of fused-ring (bicyclic) bond motifs is 1. The van der Waals surface area contributed by atoms with Crippen LogP contribution in [0.5, 0.6) is 0 Å². The van der Waals surface area contributed by atoms with Crippen molar-refractivity contribution in [3.63, 3.8) is 0 Å². The maximum atomic E-state index is 13.6. The van der Waals surface area contributed by atoms with Gasteiger partial charge in [-0.2, -0.15) is 0 Å². The van der Waals surface area contributed by atoms with Gasteiger partial charge in [-0.15, -0.1) is 0 Å². The average molecular weight is 559 g/mol. The molecule has 0 radical (unpaired) electrons. The van der Waals surface area contributed by atoms with Crippen LogP contribution in [0.15, 0.2) is 30.5 Å². The van der Waals surface area contributed by atoms with E-state index in [9.17, 15) is 29.1 Å². The molecule has 220 valence electrons. The first kappa shape index (κ1) is 32.3. The van der Waals surface area contributed by atoms with Gasteiger partial charge in [0.15, 0.2) is 0 Å². The lowest BCUT2D eigenvalue weighted by Gasteiger charge is -2.26. The molecule has 1 heterocycles. The normalized spacial score (nSPS) is 14.4.